The number of benzene rings is 2. The maximum absolute atomic E-state index is 5.10. The number of alkyl halides is 2. The van der Waals surface area contributed by atoms with Crippen molar-refractivity contribution in [2.75, 3.05) is 11.0 Å². The molecule has 0 spiro atoms. The Morgan fingerprint density at radius 2 is 1.83 bits per heavy atom. The van der Waals surface area contributed by atoms with Gasteiger partial charge in [0.05, 0.1) is 0 Å². The normalized spacial score (nSPS) is 16.5. The molecule has 1 unspecified atom stereocenters. The number of nitrogens with zero attached hydrogens (tertiary/aromatic N) is 4. The summed E-state index contributed by atoms with van der Waals surface area (Å²) in [7, 11) is 0. The molecule has 160 valence electrons. The summed E-state index contributed by atoms with van der Waals surface area (Å²) in [4.78, 5) is 5.10. The molecule has 2 heterocycles. The standard InChI is InChI=1S/C25H33IN4/c1-19(17-25(2,3)4)13-16-30-23-12-8-7-11-22(23)28-24(30)18-26-14-15-27-29-21-10-6-5-9-20(21)26/h5-12,19H,13-18H2,1-4H3. The molecule has 30 heavy (non-hydrogen) atoms. The van der Waals surface area contributed by atoms with E-state index in [1.54, 1.807) is 0 Å². The van der Waals surface area contributed by atoms with Crippen LogP contribution in [-0.2, 0) is 11.0 Å². The van der Waals surface area contributed by atoms with Crippen LogP contribution in [0.2, 0.25) is 0 Å². The fraction of sp³-hybridized carbons (Fsp3) is 0.480. The van der Waals surface area contributed by atoms with Gasteiger partial charge in [-0.05, 0) is 0 Å². The number of fused-ring (bicyclic) bond motifs is 2. The van der Waals surface area contributed by atoms with Crippen LogP contribution in [0.4, 0.5) is 5.69 Å². The van der Waals surface area contributed by atoms with Gasteiger partial charge in [-0.25, -0.2) is 0 Å². The fourth-order valence-electron chi connectivity index (χ4n) is 4.38. The van der Waals surface area contributed by atoms with Crippen molar-refractivity contribution in [2.45, 2.75) is 51.5 Å². The second-order valence-electron chi connectivity index (χ2n) is 9.52. The number of halogens is 1. The van der Waals surface area contributed by atoms with Crippen molar-refractivity contribution in [3.63, 3.8) is 0 Å². The molecule has 5 heteroatoms. The summed E-state index contributed by atoms with van der Waals surface area (Å²) in [6.07, 6.45) is 2.45. The Kier molecular flexibility index (Phi) is 6.56. The molecule has 0 bridgehead atoms. The third kappa shape index (κ3) is 5.10. The van der Waals surface area contributed by atoms with Gasteiger partial charge < -0.3 is 0 Å². The van der Waals surface area contributed by atoms with Crippen molar-refractivity contribution in [1.29, 1.82) is 0 Å². The van der Waals surface area contributed by atoms with Gasteiger partial charge in [-0.3, -0.25) is 0 Å². The topological polar surface area (TPSA) is 42.5 Å². The van der Waals surface area contributed by atoms with Crippen LogP contribution in [0, 0.1) is 14.9 Å². The average molecular weight is 516 g/mol. The van der Waals surface area contributed by atoms with Gasteiger partial charge in [-0.2, -0.15) is 0 Å². The number of aryl methyl sites for hydroxylation is 1. The Morgan fingerprint density at radius 3 is 2.67 bits per heavy atom. The Balaban J connectivity index is 1.61. The van der Waals surface area contributed by atoms with Crippen LogP contribution in [0.25, 0.3) is 11.0 Å². The van der Waals surface area contributed by atoms with Crippen LogP contribution < -0.4 is 0 Å². The van der Waals surface area contributed by atoms with Crippen molar-refractivity contribution in [1.82, 2.24) is 9.55 Å². The summed E-state index contributed by atoms with van der Waals surface area (Å²) in [5.41, 5.74) is 3.87. The monoisotopic (exact) mass is 516 g/mol. The van der Waals surface area contributed by atoms with Crippen LogP contribution in [0.3, 0.4) is 0 Å². The van der Waals surface area contributed by atoms with E-state index in [1.165, 1.54) is 32.2 Å². The summed E-state index contributed by atoms with van der Waals surface area (Å²) in [6, 6.07) is 17.3. The first kappa shape index (κ1) is 21.5. The molecule has 0 N–H and O–H groups in total. The molecule has 4 nitrogen and oxygen atoms in total. The van der Waals surface area contributed by atoms with E-state index in [0.29, 0.717) is 11.3 Å². The van der Waals surface area contributed by atoms with E-state index in [2.05, 4.69) is 91.0 Å². The zero-order valence-corrected chi connectivity index (χ0v) is 20.8. The molecule has 1 aliphatic rings. The molecular formula is C25H33IN4. The summed E-state index contributed by atoms with van der Waals surface area (Å²) < 4.78 is 6.23. The van der Waals surface area contributed by atoms with Crippen LogP contribution in [0.1, 0.15) is 46.4 Å². The number of para-hydroxylation sites is 2. The number of azo groups is 1. The van der Waals surface area contributed by atoms with E-state index < -0.39 is 19.8 Å². The molecule has 3 aromatic rings. The average Bonchev–Trinajstić information content (AvgIpc) is 2.91. The minimum absolute atomic E-state index is 0.379. The van der Waals surface area contributed by atoms with E-state index in [4.69, 9.17) is 4.98 Å². The van der Waals surface area contributed by atoms with Crippen LogP contribution >= 0.6 is 19.8 Å². The van der Waals surface area contributed by atoms with E-state index in [9.17, 15) is 0 Å². The van der Waals surface area contributed by atoms with Gasteiger partial charge >= 0.3 is 188 Å². The van der Waals surface area contributed by atoms with Gasteiger partial charge in [0, 0.05) is 0 Å². The molecule has 1 atom stereocenters. The molecule has 1 aliphatic heterocycles. The van der Waals surface area contributed by atoms with Crippen LogP contribution in [0.15, 0.2) is 58.8 Å². The molecule has 0 fully saturated rings. The van der Waals surface area contributed by atoms with Crippen molar-refractivity contribution >= 4 is 36.5 Å². The molecule has 4 rings (SSSR count). The summed E-state index contributed by atoms with van der Waals surface area (Å²) in [6.45, 7) is 11.3. The summed E-state index contributed by atoms with van der Waals surface area (Å²) in [5.74, 6) is 1.97. The Hall–Kier alpha value is -1.76. The van der Waals surface area contributed by atoms with Crippen LogP contribution in [-0.4, -0.2) is 20.5 Å². The van der Waals surface area contributed by atoms with E-state index in [0.717, 1.165) is 28.7 Å². The predicted molar refractivity (Wildman–Crippen MR) is 135 cm³/mol. The van der Waals surface area contributed by atoms with Gasteiger partial charge in [-0.15, -0.1) is 0 Å². The Bertz CT molecular complexity index is 1030. The molecule has 0 aliphatic carbocycles. The first-order chi connectivity index (χ1) is 14.4. The second kappa shape index (κ2) is 9.16. The van der Waals surface area contributed by atoms with E-state index in [-0.39, 0.29) is 0 Å². The quantitative estimate of drug-likeness (QED) is 0.248. The summed E-state index contributed by atoms with van der Waals surface area (Å²) in [5, 5.41) is 8.87. The molecule has 0 saturated heterocycles. The SMILES string of the molecule is CC(CCn1c(CI2CCN=Nc3ccccc32)nc2ccccc21)CC(C)(C)C. The van der Waals surface area contributed by atoms with Gasteiger partial charge in [-0.1, -0.05) is 0 Å². The van der Waals surface area contributed by atoms with Gasteiger partial charge in [0.2, 0.25) is 0 Å². The van der Waals surface area contributed by atoms with Gasteiger partial charge in [0.1, 0.15) is 0 Å². The number of rotatable bonds is 6. The predicted octanol–water partition coefficient (Wildman–Crippen LogP) is 7.47. The fourth-order valence-corrected chi connectivity index (χ4v) is 9.75. The van der Waals surface area contributed by atoms with E-state index in [1.807, 2.05) is 0 Å². The van der Waals surface area contributed by atoms with Gasteiger partial charge in [0.25, 0.3) is 0 Å². The van der Waals surface area contributed by atoms with Crippen molar-refractivity contribution < 1.29 is 0 Å². The number of hydrogen-bond acceptors (Lipinski definition) is 3. The maximum atomic E-state index is 5.10. The minimum atomic E-state index is -1.45. The Morgan fingerprint density at radius 1 is 1.07 bits per heavy atom. The summed E-state index contributed by atoms with van der Waals surface area (Å²) >= 11 is -1.45. The van der Waals surface area contributed by atoms with Crippen molar-refractivity contribution in [2.24, 2.45) is 21.6 Å². The molecule has 0 amide bonds. The second-order valence-corrected chi connectivity index (χ2v) is 15.1. The molecule has 1 aromatic heterocycles. The third-order valence-electron chi connectivity index (χ3n) is 5.55. The van der Waals surface area contributed by atoms with Crippen molar-refractivity contribution in [3.05, 3.63) is 57.9 Å². The first-order valence-electron chi connectivity index (χ1n) is 10.9. The molecule has 0 radical (unpaired) electrons. The molecular weight excluding hydrogens is 483 g/mol. The first-order valence-corrected chi connectivity index (χ1v) is 15.1. The number of aromatic nitrogens is 2. The van der Waals surface area contributed by atoms with E-state index >= 15 is 0 Å². The third-order valence-corrected chi connectivity index (χ3v) is 11.5. The van der Waals surface area contributed by atoms with Crippen molar-refractivity contribution in [3.8, 4) is 0 Å². The Labute approximate surface area is 187 Å². The zero-order chi connectivity index (χ0) is 21.1. The van der Waals surface area contributed by atoms with Crippen LogP contribution in [0.5, 0.6) is 0 Å². The number of hydrogen-bond donors (Lipinski definition) is 0. The molecule has 0 saturated carbocycles. The zero-order valence-electron chi connectivity index (χ0n) is 18.6. The van der Waals surface area contributed by atoms with Gasteiger partial charge in [0.15, 0.2) is 0 Å². The number of imidazole rings is 1. The molecule has 2 aromatic carbocycles.